The number of hydrogen-bond acceptors (Lipinski definition) is 9. The van der Waals surface area contributed by atoms with Crippen LogP contribution in [0.5, 0.6) is 17.2 Å². The van der Waals surface area contributed by atoms with E-state index < -0.39 is 10.5 Å². The van der Waals surface area contributed by atoms with Crippen molar-refractivity contribution in [2.45, 2.75) is 6.61 Å². The first-order valence-corrected chi connectivity index (χ1v) is 13.6. The molecule has 0 bridgehead atoms. The summed E-state index contributed by atoms with van der Waals surface area (Å²) in [5.41, 5.74) is 1.48. The Morgan fingerprint density at radius 2 is 1.77 bits per heavy atom. The van der Waals surface area contributed by atoms with E-state index in [-0.39, 0.29) is 23.9 Å². The Balaban J connectivity index is 1.46. The molecule has 0 saturated heterocycles. The van der Waals surface area contributed by atoms with E-state index in [1.165, 1.54) is 25.5 Å². The molecule has 0 aliphatic heterocycles. The quantitative estimate of drug-likeness (QED) is 0.0986. The Bertz CT molecular complexity index is 2140. The van der Waals surface area contributed by atoms with Crippen molar-refractivity contribution in [2.75, 3.05) is 14.2 Å². The molecule has 220 valence electrons. The number of furan rings is 1. The zero-order valence-corrected chi connectivity index (χ0v) is 24.1. The molecule has 0 N–H and O–H groups in total. The fourth-order valence-electron chi connectivity index (χ4n) is 4.74. The number of nitro groups is 1. The van der Waals surface area contributed by atoms with E-state index in [1.54, 1.807) is 73.8 Å². The Labute approximate surface area is 254 Å². The van der Waals surface area contributed by atoms with Crippen molar-refractivity contribution in [1.82, 2.24) is 9.66 Å². The van der Waals surface area contributed by atoms with Gasteiger partial charge in [0.2, 0.25) is 5.82 Å². The minimum atomic E-state index is -0.477. The molecule has 2 aromatic heterocycles. The van der Waals surface area contributed by atoms with Gasteiger partial charge in [-0.2, -0.15) is 9.78 Å². The highest BCUT2D eigenvalue weighted by Gasteiger charge is 2.19. The SMILES string of the molecule is COc1cc(Cl)cc(C=Nn2c(-c3cc4c(OC)cccc4o3)nc3ccccc3c2=O)c1OCc1cccc([N+](=O)[O-])c1. The summed E-state index contributed by atoms with van der Waals surface area (Å²) in [7, 11) is 3.02. The number of rotatable bonds is 9. The molecule has 6 aromatic rings. The highest BCUT2D eigenvalue weighted by atomic mass is 35.5. The van der Waals surface area contributed by atoms with Crippen LogP contribution in [0.15, 0.2) is 99.2 Å². The first-order valence-electron chi connectivity index (χ1n) is 13.2. The van der Waals surface area contributed by atoms with Gasteiger partial charge in [0.05, 0.1) is 41.6 Å². The molecule has 0 fully saturated rings. The van der Waals surface area contributed by atoms with Crippen LogP contribution in [0.1, 0.15) is 11.1 Å². The third kappa shape index (κ3) is 5.43. The number of benzene rings is 4. The van der Waals surface area contributed by atoms with Crippen LogP contribution < -0.4 is 19.8 Å². The van der Waals surface area contributed by atoms with E-state index >= 15 is 0 Å². The van der Waals surface area contributed by atoms with Crippen LogP contribution in [0.3, 0.4) is 0 Å². The minimum Gasteiger partial charge on any atom is -0.496 e. The monoisotopic (exact) mass is 610 g/mol. The van der Waals surface area contributed by atoms with Crippen molar-refractivity contribution in [3.63, 3.8) is 0 Å². The topological polar surface area (TPSA) is 131 Å². The van der Waals surface area contributed by atoms with Crippen molar-refractivity contribution < 1.29 is 23.6 Å². The fraction of sp³-hybridized carbons (Fsp3) is 0.0938. The number of methoxy groups -OCH3 is 2. The summed E-state index contributed by atoms with van der Waals surface area (Å²) < 4.78 is 24.3. The van der Waals surface area contributed by atoms with Gasteiger partial charge in [-0.15, -0.1) is 0 Å². The molecule has 0 saturated carbocycles. The Hall–Kier alpha value is -5.68. The van der Waals surface area contributed by atoms with Crippen LogP contribution in [-0.2, 0) is 6.61 Å². The summed E-state index contributed by atoms with van der Waals surface area (Å²) >= 11 is 6.39. The fourth-order valence-corrected chi connectivity index (χ4v) is 4.96. The lowest BCUT2D eigenvalue weighted by molar-refractivity contribution is -0.384. The number of non-ortho nitro benzene ring substituents is 1. The molecule has 0 aliphatic rings. The highest BCUT2D eigenvalue weighted by molar-refractivity contribution is 6.31. The summed E-state index contributed by atoms with van der Waals surface area (Å²) in [4.78, 5) is 29.2. The second-order valence-electron chi connectivity index (χ2n) is 9.54. The van der Waals surface area contributed by atoms with Gasteiger partial charge in [-0.1, -0.05) is 41.9 Å². The number of ether oxygens (including phenoxy) is 3. The molecule has 44 heavy (non-hydrogen) atoms. The van der Waals surface area contributed by atoms with Crippen LogP contribution in [0, 0.1) is 10.1 Å². The van der Waals surface area contributed by atoms with E-state index in [4.69, 9.17) is 35.2 Å². The van der Waals surface area contributed by atoms with Gasteiger partial charge >= 0.3 is 0 Å². The van der Waals surface area contributed by atoms with Gasteiger partial charge in [-0.05, 0) is 42.0 Å². The van der Waals surface area contributed by atoms with E-state index in [1.807, 2.05) is 6.07 Å². The molecule has 0 unspecified atom stereocenters. The molecule has 6 rings (SSSR count). The normalized spacial score (nSPS) is 11.3. The van der Waals surface area contributed by atoms with Crippen molar-refractivity contribution in [2.24, 2.45) is 5.10 Å². The van der Waals surface area contributed by atoms with Crippen molar-refractivity contribution >= 4 is 45.4 Å². The van der Waals surface area contributed by atoms with Crippen LogP contribution >= 0.6 is 11.6 Å². The summed E-state index contributed by atoms with van der Waals surface area (Å²) in [6.07, 6.45) is 1.40. The molecule has 12 heteroatoms. The average Bonchev–Trinajstić information content (AvgIpc) is 3.48. The number of nitrogens with zero attached hydrogens (tertiary/aromatic N) is 4. The van der Waals surface area contributed by atoms with Gasteiger partial charge in [-0.3, -0.25) is 14.9 Å². The van der Waals surface area contributed by atoms with Crippen LogP contribution in [-0.4, -0.2) is 35.0 Å². The second kappa shape index (κ2) is 11.9. The van der Waals surface area contributed by atoms with E-state index in [9.17, 15) is 14.9 Å². The van der Waals surface area contributed by atoms with Crippen LogP contribution in [0.2, 0.25) is 5.02 Å². The van der Waals surface area contributed by atoms with Gasteiger partial charge in [0, 0.05) is 28.8 Å². The summed E-state index contributed by atoms with van der Waals surface area (Å²) in [6, 6.07) is 23.3. The zero-order valence-electron chi connectivity index (χ0n) is 23.4. The first kappa shape index (κ1) is 28.4. The number of hydrogen-bond donors (Lipinski definition) is 0. The highest BCUT2D eigenvalue weighted by Crippen LogP contribution is 2.36. The lowest BCUT2D eigenvalue weighted by Gasteiger charge is -2.14. The average molecular weight is 611 g/mol. The Morgan fingerprint density at radius 3 is 2.57 bits per heavy atom. The summed E-state index contributed by atoms with van der Waals surface area (Å²) in [5, 5.41) is 17.2. The Morgan fingerprint density at radius 1 is 0.977 bits per heavy atom. The molecular formula is C32H23ClN4O7. The molecule has 2 heterocycles. The number of aromatic nitrogens is 2. The minimum absolute atomic E-state index is 0.00986. The van der Waals surface area contributed by atoms with Crippen molar-refractivity contribution in [3.05, 3.63) is 122 Å². The molecule has 0 atom stereocenters. The summed E-state index contributed by atoms with van der Waals surface area (Å²) in [6.45, 7) is -0.00986. The maximum absolute atomic E-state index is 13.8. The van der Waals surface area contributed by atoms with Crippen LogP contribution in [0.25, 0.3) is 33.5 Å². The maximum Gasteiger partial charge on any atom is 0.282 e. The van der Waals surface area contributed by atoms with E-state index in [0.29, 0.717) is 55.3 Å². The number of nitro benzene ring substituents is 1. The first-order chi connectivity index (χ1) is 21.4. The van der Waals surface area contributed by atoms with Crippen molar-refractivity contribution in [3.8, 4) is 28.8 Å². The third-order valence-corrected chi connectivity index (χ3v) is 7.02. The second-order valence-corrected chi connectivity index (χ2v) is 9.98. The van der Waals surface area contributed by atoms with E-state index in [0.717, 1.165) is 4.68 Å². The van der Waals surface area contributed by atoms with Gasteiger partial charge < -0.3 is 18.6 Å². The lowest BCUT2D eigenvalue weighted by Crippen LogP contribution is -2.20. The summed E-state index contributed by atoms with van der Waals surface area (Å²) in [5.74, 6) is 1.64. The molecular weight excluding hydrogens is 588 g/mol. The van der Waals surface area contributed by atoms with Gasteiger partial charge in [0.1, 0.15) is 17.9 Å². The number of halogens is 1. The van der Waals surface area contributed by atoms with Gasteiger partial charge in [-0.25, -0.2) is 4.98 Å². The number of para-hydroxylation sites is 1. The molecule has 4 aromatic carbocycles. The van der Waals surface area contributed by atoms with Crippen molar-refractivity contribution in [1.29, 1.82) is 0 Å². The van der Waals surface area contributed by atoms with E-state index in [2.05, 4.69) is 5.10 Å². The standard InChI is InChI=1S/C32H23ClN4O7/c1-41-26-11-6-12-27-24(26)16-29(44-27)31-35-25-10-4-3-9-23(25)32(38)36(31)34-17-20-14-21(33)15-28(42-2)30(20)43-18-19-7-5-8-22(13-19)37(39)40/h3-17H,18H2,1-2H3. The molecule has 0 amide bonds. The predicted octanol–water partition coefficient (Wildman–Crippen LogP) is 6.85. The largest absolute Gasteiger partial charge is 0.496 e. The number of fused-ring (bicyclic) bond motifs is 2. The zero-order chi connectivity index (χ0) is 30.8. The molecule has 0 aliphatic carbocycles. The lowest BCUT2D eigenvalue weighted by atomic mass is 10.2. The molecule has 0 radical (unpaired) electrons. The smallest absolute Gasteiger partial charge is 0.282 e. The van der Waals surface area contributed by atoms with Crippen LogP contribution in [0.4, 0.5) is 5.69 Å². The van der Waals surface area contributed by atoms with Gasteiger partial charge in [0.25, 0.3) is 11.2 Å². The van der Waals surface area contributed by atoms with Gasteiger partial charge in [0.15, 0.2) is 17.3 Å². The third-order valence-electron chi connectivity index (χ3n) is 6.80. The predicted molar refractivity (Wildman–Crippen MR) is 166 cm³/mol. The molecule has 0 spiro atoms. The molecule has 11 nitrogen and oxygen atoms in total. The maximum atomic E-state index is 13.8. The Kier molecular flexibility index (Phi) is 7.69.